The van der Waals surface area contributed by atoms with Crippen molar-refractivity contribution in [1.29, 1.82) is 0 Å². The van der Waals surface area contributed by atoms with Gasteiger partial charge in [0.1, 0.15) is 0 Å². The average molecular weight is 212 g/mol. The van der Waals surface area contributed by atoms with E-state index in [0.717, 1.165) is 31.6 Å². The first-order valence-corrected chi connectivity index (χ1v) is 6.03. The third-order valence-corrected chi connectivity index (χ3v) is 4.08. The largest absolute Gasteiger partial charge is 0.379 e. The van der Waals surface area contributed by atoms with Gasteiger partial charge in [-0.3, -0.25) is 0 Å². The smallest absolute Gasteiger partial charge is 0.0624 e. The maximum Gasteiger partial charge on any atom is 0.0624 e. The lowest BCUT2D eigenvalue weighted by molar-refractivity contribution is 0.128. The average Bonchev–Trinajstić information content (AvgIpc) is 2.70. The zero-order valence-corrected chi connectivity index (χ0v) is 10.2. The second kappa shape index (κ2) is 4.04. The van der Waals surface area contributed by atoms with Crippen LogP contribution in [0.15, 0.2) is 0 Å². The van der Waals surface area contributed by atoms with Crippen LogP contribution in [0.3, 0.4) is 0 Å². The van der Waals surface area contributed by atoms with Gasteiger partial charge < -0.3 is 15.4 Å². The van der Waals surface area contributed by atoms with Gasteiger partial charge >= 0.3 is 0 Å². The number of hydrogen-bond acceptors (Lipinski definition) is 3. The molecule has 0 bridgehead atoms. The Morgan fingerprint density at radius 3 is 2.67 bits per heavy atom. The van der Waals surface area contributed by atoms with E-state index in [1.54, 1.807) is 0 Å². The van der Waals surface area contributed by atoms with E-state index in [2.05, 4.69) is 25.8 Å². The number of rotatable bonds is 4. The Hall–Kier alpha value is -0.120. The maximum absolute atomic E-state index is 6.08. The van der Waals surface area contributed by atoms with Gasteiger partial charge in [0.05, 0.1) is 13.2 Å². The van der Waals surface area contributed by atoms with Gasteiger partial charge in [0.25, 0.3) is 0 Å². The van der Waals surface area contributed by atoms with Gasteiger partial charge in [-0.1, -0.05) is 13.8 Å². The molecule has 2 aliphatic rings. The molecule has 1 heterocycles. The molecule has 2 rings (SSSR count). The summed E-state index contributed by atoms with van der Waals surface area (Å²) >= 11 is 0. The molecule has 1 aliphatic heterocycles. The van der Waals surface area contributed by atoms with Crippen molar-refractivity contribution in [2.75, 3.05) is 33.4 Å². The van der Waals surface area contributed by atoms with Crippen LogP contribution in [0.2, 0.25) is 0 Å². The van der Waals surface area contributed by atoms with Crippen molar-refractivity contribution in [1.82, 2.24) is 4.90 Å². The second-order valence-electron chi connectivity index (χ2n) is 5.95. The van der Waals surface area contributed by atoms with E-state index in [9.17, 15) is 0 Å². The minimum Gasteiger partial charge on any atom is -0.379 e. The first-order chi connectivity index (χ1) is 7.01. The summed E-state index contributed by atoms with van der Waals surface area (Å²) in [5.41, 5.74) is 6.24. The fourth-order valence-corrected chi connectivity index (χ4v) is 2.63. The molecule has 0 radical (unpaired) electrons. The van der Waals surface area contributed by atoms with Gasteiger partial charge in [0.2, 0.25) is 0 Å². The first-order valence-electron chi connectivity index (χ1n) is 6.03. The molecule has 88 valence electrons. The van der Waals surface area contributed by atoms with Crippen molar-refractivity contribution in [3.8, 4) is 0 Å². The van der Waals surface area contributed by atoms with Crippen LogP contribution in [0.4, 0.5) is 0 Å². The lowest BCUT2D eigenvalue weighted by atomic mass is 9.85. The standard InChI is InChI=1S/C12H24N2O/c1-9-4-10(9)5-14(3)7-12(2)8-15-6-11(12)13/h9-11H,4-8,13H2,1-3H3. The van der Waals surface area contributed by atoms with Crippen LogP contribution in [0.25, 0.3) is 0 Å². The SMILES string of the molecule is CC1CC1CN(C)CC1(C)COCC1N. The van der Waals surface area contributed by atoms with Crippen LogP contribution in [-0.4, -0.2) is 44.3 Å². The van der Waals surface area contributed by atoms with Gasteiger partial charge in [0, 0.05) is 24.5 Å². The van der Waals surface area contributed by atoms with Crippen molar-refractivity contribution >= 4 is 0 Å². The molecule has 3 nitrogen and oxygen atoms in total. The summed E-state index contributed by atoms with van der Waals surface area (Å²) in [5.74, 6) is 1.87. The third-order valence-electron chi connectivity index (χ3n) is 4.08. The molecule has 0 aromatic rings. The molecule has 15 heavy (non-hydrogen) atoms. The van der Waals surface area contributed by atoms with Crippen LogP contribution >= 0.6 is 0 Å². The van der Waals surface area contributed by atoms with Crippen molar-refractivity contribution in [2.45, 2.75) is 26.3 Å². The third kappa shape index (κ3) is 2.52. The Balaban J connectivity index is 1.79. The summed E-state index contributed by atoms with van der Waals surface area (Å²) < 4.78 is 5.46. The molecule has 1 aliphatic carbocycles. The molecule has 0 spiro atoms. The zero-order chi connectivity index (χ0) is 11.1. The summed E-state index contributed by atoms with van der Waals surface area (Å²) in [4.78, 5) is 2.43. The molecule has 0 aromatic heterocycles. The van der Waals surface area contributed by atoms with Gasteiger partial charge in [-0.15, -0.1) is 0 Å². The lowest BCUT2D eigenvalue weighted by Crippen LogP contribution is -2.46. The summed E-state index contributed by atoms with van der Waals surface area (Å²) in [6, 6.07) is 0.205. The van der Waals surface area contributed by atoms with Crippen molar-refractivity contribution in [3.05, 3.63) is 0 Å². The Bertz CT molecular complexity index is 234. The van der Waals surface area contributed by atoms with E-state index < -0.39 is 0 Å². The van der Waals surface area contributed by atoms with Crippen LogP contribution in [0.1, 0.15) is 20.3 Å². The number of nitrogens with zero attached hydrogens (tertiary/aromatic N) is 1. The highest BCUT2D eigenvalue weighted by molar-refractivity contribution is 4.93. The molecule has 0 aromatic carbocycles. The van der Waals surface area contributed by atoms with E-state index in [4.69, 9.17) is 10.5 Å². The van der Waals surface area contributed by atoms with E-state index in [1.165, 1.54) is 13.0 Å². The number of nitrogens with two attached hydrogens (primary N) is 1. The maximum atomic E-state index is 6.08. The van der Waals surface area contributed by atoms with Gasteiger partial charge in [-0.05, 0) is 25.3 Å². The van der Waals surface area contributed by atoms with Crippen molar-refractivity contribution in [2.24, 2.45) is 23.0 Å². The van der Waals surface area contributed by atoms with Gasteiger partial charge in [0.15, 0.2) is 0 Å². The monoisotopic (exact) mass is 212 g/mol. The van der Waals surface area contributed by atoms with E-state index in [1.807, 2.05) is 0 Å². The van der Waals surface area contributed by atoms with Crippen LogP contribution in [0, 0.1) is 17.3 Å². The summed E-state index contributed by atoms with van der Waals surface area (Å²) in [5, 5.41) is 0. The zero-order valence-electron chi connectivity index (χ0n) is 10.2. The fraction of sp³-hybridized carbons (Fsp3) is 1.00. The summed E-state index contributed by atoms with van der Waals surface area (Å²) in [7, 11) is 2.21. The molecular weight excluding hydrogens is 188 g/mol. The quantitative estimate of drug-likeness (QED) is 0.753. The topological polar surface area (TPSA) is 38.5 Å². The predicted molar refractivity (Wildman–Crippen MR) is 61.7 cm³/mol. The minimum absolute atomic E-state index is 0.160. The number of hydrogen-bond donors (Lipinski definition) is 1. The molecule has 2 fully saturated rings. The number of ether oxygens (including phenoxy) is 1. The van der Waals surface area contributed by atoms with E-state index in [0.29, 0.717) is 0 Å². The molecule has 0 amide bonds. The molecule has 4 atom stereocenters. The molecule has 2 N–H and O–H groups in total. The van der Waals surface area contributed by atoms with E-state index in [-0.39, 0.29) is 11.5 Å². The first kappa shape index (κ1) is 11.4. The Kier molecular flexibility index (Phi) is 3.06. The Morgan fingerprint density at radius 2 is 2.20 bits per heavy atom. The fourth-order valence-electron chi connectivity index (χ4n) is 2.63. The van der Waals surface area contributed by atoms with Crippen LogP contribution < -0.4 is 5.73 Å². The Morgan fingerprint density at radius 1 is 1.53 bits per heavy atom. The van der Waals surface area contributed by atoms with Crippen molar-refractivity contribution < 1.29 is 4.74 Å². The summed E-state index contributed by atoms with van der Waals surface area (Å²) in [6.07, 6.45) is 1.41. The highest BCUT2D eigenvalue weighted by Crippen LogP contribution is 2.38. The van der Waals surface area contributed by atoms with E-state index >= 15 is 0 Å². The molecular formula is C12H24N2O. The molecule has 1 saturated carbocycles. The molecule has 3 heteroatoms. The second-order valence-corrected chi connectivity index (χ2v) is 5.95. The summed E-state index contributed by atoms with van der Waals surface area (Å²) in [6.45, 7) is 8.42. The van der Waals surface area contributed by atoms with Crippen molar-refractivity contribution in [3.63, 3.8) is 0 Å². The molecule has 1 saturated heterocycles. The Labute approximate surface area is 93.0 Å². The highest BCUT2D eigenvalue weighted by Gasteiger charge is 2.40. The lowest BCUT2D eigenvalue weighted by Gasteiger charge is -2.32. The minimum atomic E-state index is 0.160. The highest BCUT2D eigenvalue weighted by atomic mass is 16.5. The van der Waals surface area contributed by atoms with Gasteiger partial charge in [-0.25, -0.2) is 0 Å². The molecule has 4 unspecified atom stereocenters. The predicted octanol–water partition coefficient (Wildman–Crippen LogP) is 0.938. The van der Waals surface area contributed by atoms with Crippen LogP contribution in [-0.2, 0) is 4.74 Å². The van der Waals surface area contributed by atoms with Crippen LogP contribution in [0.5, 0.6) is 0 Å². The normalized spacial score (nSPS) is 45.0. The van der Waals surface area contributed by atoms with Gasteiger partial charge in [-0.2, -0.15) is 0 Å².